The van der Waals surface area contributed by atoms with Gasteiger partial charge in [0.05, 0.1) is 0 Å². The smallest absolute Gasteiger partial charge is 0.180 e. The van der Waals surface area contributed by atoms with Crippen molar-refractivity contribution < 1.29 is 14.7 Å². The minimum absolute atomic E-state index is 0.237. The van der Waals surface area contributed by atoms with Gasteiger partial charge in [0, 0.05) is 6.42 Å². The average Bonchev–Trinajstić information content (AvgIpc) is 2.04. The molecule has 0 unspecified atom stereocenters. The first-order valence-electron chi connectivity index (χ1n) is 4.75. The summed E-state index contributed by atoms with van der Waals surface area (Å²) in [5, 5.41) is 9.79. The fourth-order valence-corrected chi connectivity index (χ4v) is 1.31. The van der Waals surface area contributed by atoms with Crippen molar-refractivity contribution in [3.8, 4) is 0 Å². The van der Waals surface area contributed by atoms with Gasteiger partial charge in [-0.25, -0.2) is 0 Å². The number of hydrogen-bond acceptors (Lipinski definition) is 3. The largest absolute Gasteiger partial charge is 0.375 e. The topological polar surface area (TPSA) is 54.4 Å². The van der Waals surface area contributed by atoms with Gasteiger partial charge in [-0.2, -0.15) is 0 Å². The van der Waals surface area contributed by atoms with Crippen LogP contribution < -0.4 is 0 Å². The molecule has 0 amide bonds. The Kier molecular flexibility index (Phi) is 4.85. The van der Waals surface area contributed by atoms with Crippen molar-refractivity contribution in [3.63, 3.8) is 0 Å². The zero-order chi connectivity index (χ0) is 10.5. The number of Topliss-reactive ketones (excluding diaryl/α,β-unsaturated/α-hetero) is 2. The van der Waals surface area contributed by atoms with Gasteiger partial charge >= 0.3 is 0 Å². The quantitative estimate of drug-likeness (QED) is 0.639. The summed E-state index contributed by atoms with van der Waals surface area (Å²) < 4.78 is 0. The van der Waals surface area contributed by atoms with Crippen LogP contribution in [0.5, 0.6) is 0 Å². The highest BCUT2D eigenvalue weighted by atomic mass is 16.3. The summed E-state index contributed by atoms with van der Waals surface area (Å²) in [6, 6.07) is 0. The molecule has 0 saturated heterocycles. The van der Waals surface area contributed by atoms with Gasteiger partial charge in [-0.15, -0.1) is 0 Å². The number of carbonyl (C=O) groups is 2. The zero-order valence-corrected chi connectivity index (χ0v) is 8.59. The van der Waals surface area contributed by atoms with Crippen LogP contribution in [-0.4, -0.2) is 22.3 Å². The molecule has 0 heterocycles. The molecule has 0 aromatic rings. The highest BCUT2D eigenvalue weighted by Crippen LogP contribution is 2.18. The molecular formula is C10H18O3. The lowest BCUT2D eigenvalue weighted by atomic mass is 9.87. The predicted octanol–water partition coefficient (Wildman–Crippen LogP) is 1.48. The molecule has 3 heteroatoms. The van der Waals surface area contributed by atoms with Crippen LogP contribution in [0.4, 0.5) is 0 Å². The first-order chi connectivity index (χ1) is 5.99. The summed E-state index contributed by atoms with van der Waals surface area (Å²) in [4.78, 5) is 22.5. The summed E-state index contributed by atoms with van der Waals surface area (Å²) in [7, 11) is 0. The first kappa shape index (κ1) is 12.3. The van der Waals surface area contributed by atoms with Crippen molar-refractivity contribution in [3.05, 3.63) is 0 Å². The van der Waals surface area contributed by atoms with E-state index in [9.17, 15) is 14.7 Å². The molecule has 13 heavy (non-hydrogen) atoms. The molecule has 0 spiro atoms. The van der Waals surface area contributed by atoms with Crippen molar-refractivity contribution >= 4 is 11.6 Å². The highest BCUT2D eigenvalue weighted by molar-refractivity contribution is 6.09. The molecule has 0 aliphatic rings. The minimum Gasteiger partial charge on any atom is -0.375 e. The van der Waals surface area contributed by atoms with Crippen LogP contribution in [0.2, 0.25) is 0 Å². The van der Waals surface area contributed by atoms with Gasteiger partial charge in [0.2, 0.25) is 0 Å². The molecule has 0 aromatic heterocycles. The van der Waals surface area contributed by atoms with E-state index >= 15 is 0 Å². The Morgan fingerprint density at radius 3 is 2.08 bits per heavy atom. The van der Waals surface area contributed by atoms with Crippen LogP contribution in [0.15, 0.2) is 0 Å². The Bertz CT molecular complexity index is 198. The second kappa shape index (κ2) is 5.12. The molecule has 1 atom stereocenters. The second-order valence-corrected chi connectivity index (χ2v) is 3.34. The Balaban J connectivity index is 4.57. The van der Waals surface area contributed by atoms with E-state index in [1.165, 1.54) is 6.92 Å². The Morgan fingerprint density at radius 1 is 1.23 bits per heavy atom. The van der Waals surface area contributed by atoms with E-state index in [1.54, 1.807) is 0 Å². The first-order valence-corrected chi connectivity index (χ1v) is 4.75. The fraction of sp³-hybridized carbons (Fsp3) is 0.800. The van der Waals surface area contributed by atoms with Crippen molar-refractivity contribution in [2.24, 2.45) is 0 Å². The van der Waals surface area contributed by atoms with E-state index < -0.39 is 11.4 Å². The van der Waals surface area contributed by atoms with Gasteiger partial charge in [-0.3, -0.25) is 9.59 Å². The van der Waals surface area contributed by atoms with Crippen LogP contribution >= 0.6 is 0 Å². The lowest BCUT2D eigenvalue weighted by Crippen LogP contribution is -2.45. The van der Waals surface area contributed by atoms with Crippen molar-refractivity contribution in [1.82, 2.24) is 0 Å². The standard InChI is InChI=1S/C10H18O3/c1-4-6-9(12)10(13,7-5-2)8(3)11/h13H,4-7H2,1-3H3/t10-/m0/s1. The van der Waals surface area contributed by atoms with Gasteiger partial charge in [0.25, 0.3) is 0 Å². The van der Waals surface area contributed by atoms with E-state index in [0.29, 0.717) is 12.8 Å². The third kappa shape index (κ3) is 2.92. The van der Waals surface area contributed by atoms with Crippen LogP contribution in [-0.2, 0) is 9.59 Å². The highest BCUT2D eigenvalue weighted by Gasteiger charge is 2.38. The van der Waals surface area contributed by atoms with Gasteiger partial charge in [0.15, 0.2) is 17.2 Å². The molecule has 0 radical (unpaired) electrons. The molecule has 0 rings (SSSR count). The molecule has 0 aromatic carbocycles. The molecule has 0 fully saturated rings. The maximum atomic E-state index is 11.4. The maximum absolute atomic E-state index is 11.4. The summed E-state index contributed by atoms with van der Waals surface area (Å²) in [6.07, 6.45) is 1.81. The number of carbonyl (C=O) groups excluding carboxylic acids is 2. The van der Waals surface area contributed by atoms with E-state index in [4.69, 9.17) is 0 Å². The van der Waals surface area contributed by atoms with Gasteiger partial charge in [-0.05, 0) is 19.8 Å². The molecule has 1 N–H and O–H groups in total. The van der Waals surface area contributed by atoms with Gasteiger partial charge in [-0.1, -0.05) is 20.3 Å². The molecule has 0 saturated carbocycles. The molecule has 0 aliphatic heterocycles. The lowest BCUT2D eigenvalue weighted by Gasteiger charge is -2.22. The van der Waals surface area contributed by atoms with Crippen LogP contribution in [0.25, 0.3) is 0 Å². The summed E-state index contributed by atoms with van der Waals surface area (Å²) in [5.41, 5.74) is -1.72. The zero-order valence-electron chi connectivity index (χ0n) is 8.59. The third-order valence-corrected chi connectivity index (χ3v) is 2.13. The third-order valence-electron chi connectivity index (χ3n) is 2.13. The van der Waals surface area contributed by atoms with Crippen molar-refractivity contribution in [2.45, 2.75) is 52.1 Å². The van der Waals surface area contributed by atoms with Crippen LogP contribution in [0.1, 0.15) is 46.5 Å². The van der Waals surface area contributed by atoms with Crippen LogP contribution in [0.3, 0.4) is 0 Å². The maximum Gasteiger partial charge on any atom is 0.180 e. The second-order valence-electron chi connectivity index (χ2n) is 3.34. The molecule has 76 valence electrons. The number of ketones is 2. The Hall–Kier alpha value is -0.700. The average molecular weight is 186 g/mol. The molecule has 0 aliphatic carbocycles. The lowest BCUT2D eigenvalue weighted by molar-refractivity contribution is -0.150. The Morgan fingerprint density at radius 2 is 1.77 bits per heavy atom. The molecular weight excluding hydrogens is 168 g/mol. The van der Waals surface area contributed by atoms with E-state index in [1.807, 2.05) is 13.8 Å². The summed E-state index contributed by atoms with van der Waals surface area (Å²) >= 11 is 0. The van der Waals surface area contributed by atoms with Gasteiger partial charge < -0.3 is 5.11 Å². The van der Waals surface area contributed by atoms with E-state index in [-0.39, 0.29) is 18.6 Å². The fourth-order valence-electron chi connectivity index (χ4n) is 1.31. The van der Waals surface area contributed by atoms with E-state index in [0.717, 1.165) is 0 Å². The van der Waals surface area contributed by atoms with Crippen LogP contribution in [0, 0.1) is 0 Å². The predicted molar refractivity (Wildman–Crippen MR) is 50.5 cm³/mol. The van der Waals surface area contributed by atoms with Crippen molar-refractivity contribution in [1.29, 1.82) is 0 Å². The van der Waals surface area contributed by atoms with E-state index in [2.05, 4.69) is 0 Å². The normalized spacial score (nSPS) is 15.1. The van der Waals surface area contributed by atoms with Gasteiger partial charge in [0.1, 0.15) is 0 Å². The monoisotopic (exact) mass is 186 g/mol. The SMILES string of the molecule is CCCC(=O)[C@](O)(CCC)C(C)=O. The number of hydrogen-bond donors (Lipinski definition) is 1. The number of aliphatic hydroxyl groups is 1. The Labute approximate surface area is 79.1 Å². The summed E-state index contributed by atoms with van der Waals surface area (Å²) in [5.74, 6) is -0.780. The number of rotatable bonds is 6. The van der Waals surface area contributed by atoms with Crippen molar-refractivity contribution in [2.75, 3.05) is 0 Å². The molecule has 0 bridgehead atoms. The molecule has 3 nitrogen and oxygen atoms in total. The summed E-state index contributed by atoms with van der Waals surface area (Å²) in [6.45, 7) is 4.96. The minimum atomic E-state index is -1.72.